The van der Waals surface area contributed by atoms with Gasteiger partial charge < -0.3 is 20.4 Å². The number of rotatable bonds is 6. The minimum atomic E-state index is -0.343. The average molecular weight is 420 g/mol. The number of nitrogens with one attached hydrogen (secondary N) is 3. The summed E-state index contributed by atoms with van der Waals surface area (Å²) in [5.41, 5.74) is 3.72. The molecule has 30 heavy (non-hydrogen) atoms. The highest BCUT2D eigenvalue weighted by molar-refractivity contribution is 7.80. The fraction of sp³-hybridized carbons (Fsp3) is 0.125. The highest BCUT2D eigenvalue weighted by Gasteiger charge is 2.19. The quantitative estimate of drug-likeness (QED) is 0.365. The summed E-state index contributed by atoms with van der Waals surface area (Å²) in [6.45, 7) is 0.550. The van der Waals surface area contributed by atoms with Gasteiger partial charge >= 0.3 is 0 Å². The summed E-state index contributed by atoms with van der Waals surface area (Å²) in [7, 11) is 1.65. The molecule has 0 unspecified atom stereocenters. The summed E-state index contributed by atoms with van der Waals surface area (Å²) < 4.78 is 19.2. The second-order valence-electron chi connectivity index (χ2n) is 6.93. The van der Waals surface area contributed by atoms with E-state index in [1.165, 1.54) is 6.07 Å². The molecule has 0 amide bonds. The molecule has 0 aliphatic heterocycles. The molecule has 1 heterocycles. The van der Waals surface area contributed by atoms with E-state index in [1.54, 1.807) is 25.3 Å². The standard InChI is InChI=1S/C24H22FN3OS/c1-29-17-12-10-16(11-13-17)19(20-15-26-22-8-4-2-6-18(20)22)14-27-24(30)28-23-9-5-3-7-21(23)25/h2-13,15,19,26H,14H2,1H3,(H2,27,28,30)/t19-/m0/s1. The van der Waals surface area contributed by atoms with Gasteiger partial charge in [0, 0.05) is 29.6 Å². The van der Waals surface area contributed by atoms with Crippen LogP contribution in [0, 0.1) is 5.82 Å². The first-order valence-corrected chi connectivity index (χ1v) is 10.1. The van der Waals surface area contributed by atoms with Gasteiger partial charge in [-0.3, -0.25) is 0 Å². The van der Waals surface area contributed by atoms with Crippen molar-refractivity contribution in [3.8, 4) is 5.75 Å². The van der Waals surface area contributed by atoms with Crippen LogP contribution in [0.3, 0.4) is 0 Å². The van der Waals surface area contributed by atoms with E-state index >= 15 is 0 Å². The Hall–Kier alpha value is -3.38. The van der Waals surface area contributed by atoms with Gasteiger partial charge in [0.15, 0.2) is 5.11 Å². The first kappa shape index (κ1) is 19.9. The van der Waals surface area contributed by atoms with Gasteiger partial charge in [0.05, 0.1) is 12.8 Å². The predicted molar refractivity (Wildman–Crippen MR) is 124 cm³/mol. The fourth-order valence-corrected chi connectivity index (χ4v) is 3.74. The van der Waals surface area contributed by atoms with E-state index in [0.29, 0.717) is 17.3 Å². The number of H-pyrrole nitrogens is 1. The molecule has 0 bridgehead atoms. The van der Waals surface area contributed by atoms with Crippen LogP contribution in [-0.4, -0.2) is 23.8 Å². The number of aromatic amines is 1. The number of para-hydroxylation sites is 2. The first-order valence-electron chi connectivity index (χ1n) is 9.65. The van der Waals surface area contributed by atoms with Crippen molar-refractivity contribution in [1.82, 2.24) is 10.3 Å². The number of fused-ring (bicyclic) bond motifs is 1. The molecule has 4 nitrogen and oxygen atoms in total. The number of benzene rings is 3. The van der Waals surface area contributed by atoms with E-state index in [2.05, 4.69) is 39.9 Å². The Morgan fingerprint density at radius 1 is 1.03 bits per heavy atom. The molecule has 0 radical (unpaired) electrons. The molecule has 0 aliphatic rings. The lowest BCUT2D eigenvalue weighted by Gasteiger charge is -2.20. The molecule has 0 fully saturated rings. The zero-order valence-corrected chi connectivity index (χ0v) is 17.3. The number of anilines is 1. The lowest BCUT2D eigenvalue weighted by molar-refractivity contribution is 0.414. The van der Waals surface area contributed by atoms with Crippen molar-refractivity contribution < 1.29 is 9.13 Å². The largest absolute Gasteiger partial charge is 0.497 e. The fourth-order valence-electron chi connectivity index (χ4n) is 3.55. The van der Waals surface area contributed by atoms with E-state index in [4.69, 9.17) is 17.0 Å². The van der Waals surface area contributed by atoms with Gasteiger partial charge in [-0.1, -0.05) is 42.5 Å². The summed E-state index contributed by atoms with van der Waals surface area (Å²) in [6.07, 6.45) is 2.04. The van der Waals surface area contributed by atoms with Gasteiger partial charge in [0.25, 0.3) is 0 Å². The monoisotopic (exact) mass is 419 g/mol. The van der Waals surface area contributed by atoms with Crippen molar-refractivity contribution in [2.75, 3.05) is 19.0 Å². The van der Waals surface area contributed by atoms with Gasteiger partial charge in [-0.2, -0.15) is 0 Å². The SMILES string of the molecule is COc1ccc([C@H](CNC(=S)Nc2ccccc2F)c2c[nH]c3ccccc23)cc1. The van der Waals surface area contributed by atoms with Crippen LogP contribution in [0.25, 0.3) is 10.9 Å². The third-order valence-corrected chi connectivity index (χ3v) is 5.35. The molecule has 0 saturated carbocycles. The van der Waals surface area contributed by atoms with E-state index in [1.807, 2.05) is 30.5 Å². The molecule has 152 valence electrons. The van der Waals surface area contributed by atoms with E-state index < -0.39 is 0 Å². The molecule has 1 aromatic heterocycles. The maximum Gasteiger partial charge on any atom is 0.170 e. The second kappa shape index (κ2) is 8.97. The van der Waals surface area contributed by atoms with Crippen LogP contribution in [0.1, 0.15) is 17.0 Å². The van der Waals surface area contributed by atoms with Gasteiger partial charge in [-0.15, -0.1) is 0 Å². The van der Waals surface area contributed by atoms with E-state index in [-0.39, 0.29) is 11.7 Å². The molecule has 4 aromatic rings. The minimum absolute atomic E-state index is 0.0347. The summed E-state index contributed by atoms with van der Waals surface area (Å²) >= 11 is 5.41. The average Bonchev–Trinajstić information content (AvgIpc) is 3.20. The van der Waals surface area contributed by atoms with Gasteiger partial charge in [0.1, 0.15) is 11.6 Å². The summed E-state index contributed by atoms with van der Waals surface area (Å²) in [5.74, 6) is 0.499. The Bertz CT molecular complexity index is 1160. The molecule has 3 N–H and O–H groups in total. The minimum Gasteiger partial charge on any atom is -0.497 e. The number of halogens is 1. The summed E-state index contributed by atoms with van der Waals surface area (Å²) in [5, 5.41) is 7.72. The topological polar surface area (TPSA) is 49.1 Å². The van der Waals surface area contributed by atoms with Crippen LogP contribution < -0.4 is 15.4 Å². The maximum atomic E-state index is 13.9. The third kappa shape index (κ3) is 4.28. The van der Waals surface area contributed by atoms with Crippen LogP contribution in [-0.2, 0) is 0 Å². The van der Waals surface area contributed by atoms with Crippen molar-refractivity contribution >= 4 is 33.9 Å². The van der Waals surface area contributed by atoms with Crippen LogP contribution >= 0.6 is 12.2 Å². The van der Waals surface area contributed by atoms with Crippen LogP contribution in [0.5, 0.6) is 5.75 Å². The predicted octanol–water partition coefficient (Wildman–Crippen LogP) is 5.43. The summed E-state index contributed by atoms with van der Waals surface area (Å²) in [4.78, 5) is 3.35. The number of methoxy groups -OCH3 is 1. The molecule has 4 rings (SSSR count). The number of aromatic nitrogens is 1. The van der Waals surface area contributed by atoms with Gasteiger partial charge in [0.2, 0.25) is 0 Å². The molecule has 0 saturated heterocycles. The van der Waals surface area contributed by atoms with Crippen LogP contribution in [0.2, 0.25) is 0 Å². The Morgan fingerprint density at radius 3 is 2.53 bits per heavy atom. The highest BCUT2D eigenvalue weighted by Crippen LogP contribution is 2.31. The lowest BCUT2D eigenvalue weighted by Crippen LogP contribution is -2.32. The molecule has 0 aliphatic carbocycles. The Kier molecular flexibility index (Phi) is 5.95. The smallest absolute Gasteiger partial charge is 0.170 e. The summed E-state index contributed by atoms with van der Waals surface area (Å²) in [6, 6.07) is 22.7. The number of ether oxygens (including phenoxy) is 1. The van der Waals surface area contributed by atoms with Crippen molar-refractivity contribution in [3.05, 3.63) is 95.9 Å². The number of thiocarbonyl (C=S) groups is 1. The Balaban J connectivity index is 1.59. The molecule has 1 atom stereocenters. The van der Waals surface area contributed by atoms with Crippen molar-refractivity contribution in [2.24, 2.45) is 0 Å². The van der Waals surface area contributed by atoms with Crippen LogP contribution in [0.4, 0.5) is 10.1 Å². The van der Waals surface area contributed by atoms with E-state index in [0.717, 1.165) is 27.8 Å². The van der Waals surface area contributed by atoms with Gasteiger partial charge in [-0.05, 0) is 53.7 Å². The van der Waals surface area contributed by atoms with Crippen molar-refractivity contribution in [2.45, 2.75) is 5.92 Å². The normalized spacial score (nSPS) is 11.8. The Morgan fingerprint density at radius 2 is 1.77 bits per heavy atom. The molecule has 0 spiro atoms. The Labute approximate surface area is 180 Å². The van der Waals surface area contributed by atoms with E-state index in [9.17, 15) is 4.39 Å². The molecular weight excluding hydrogens is 397 g/mol. The zero-order chi connectivity index (χ0) is 20.9. The lowest BCUT2D eigenvalue weighted by atomic mass is 9.91. The third-order valence-electron chi connectivity index (χ3n) is 5.10. The first-order chi connectivity index (χ1) is 14.7. The molecule has 6 heteroatoms. The molecule has 3 aromatic carbocycles. The highest BCUT2D eigenvalue weighted by atomic mass is 32.1. The van der Waals surface area contributed by atoms with Crippen molar-refractivity contribution in [3.63, 3.8) is 0 Å². The second-order valence-corrected chi connectivity index (χ2v) is 7.34. The maximum absolute atomic E-state index is 13.9. The zero-order valence-electron chi connectivity index (χ0n) is 16.5. The van der Waals surface area contributed by atoms with Crippen LogP contribution in [0.15, 0.2) is 79.0 Å². The number of hydrogen-bond acceptors (Lipinski definition) is 2. The van der Waals surface area contributed by atoms with Gasteiger partial charge in [-0.25, -0.2) is 4.39 Å². The number of hydrogen-bond donors (Lipinski definition) is 3. The van der Waals surface area contributed by atoms with Crippen molar-refractivity contribution in [1.29, 1.82) is 0 Å². The molecular formula is C24H22FN3OS.